The maximum Gasteiger partial charge on any atom is 0.223 e. The number of aliphatic hydroxyl groups is 1. The molecule has 18 heavy (non-hydrogen) atoms. The Morgan fingerprint density at radius 2 is 2.28 bits per heavy atom. The molecule has 0 spiro atoms. The van der Waals surface area contributed by atoms with Crippen LogP contribution in [0, 0.1) is 5.92 Å². The standard InChI is InChI=1S/C13H24N2O3/c14-11-3-1-2-10(6-11)7-13(17)15-4-5-18-9-12(15)8-16/h10-12,16H,1-9,14H2. The summed E-state index contributed by atoms with van der Waals surface area (Å²) < 4.78 is 5.29. The lowest BCUT2D eigenvalue weighted by atomic mass is 9.84. The zero-order valence-corrected chi connectivity index (χ0v) is 10.9. The SMILES string of the molecule is NC1CCCC(CC(=O)N2CCOCC2CO)C1. The summed E-state index contributed by atoms with van der Waals surface area (Å²) in [5.74, 6) is 0.569. The van der Waals surface area contributed by atoms with Crippen molar-refractivity contribution in [1.82, 2.24) is 4.90 Å². The van der Waals surface area contributed by atoms with Crippen molar-refractivity contribution in [2.24, 2.45) is 11.7 Å². The van der Waals surface area contributed by atoms with Gasteiger partial charge in [-0.3, -0.25) is 4.79 Å². The first-order chi connectivity index (χ1) is 8.70. The van der Waals surface area contributed by atoms with E-state index in [1.54, 1.807) is 4.90 Å². The van der Waals surface area contributed by atoms with Gasteiger partial charge in [-0.1, -0.05) is 6.42 Å². The van der Waals surface area contributed by atoms with Crippen LogP contribution >= 0.6 is 0 Å². The van der Waals surface area contributed by atoms with Gasteiger partial charge >= 0.3 is 0 Å². The summed E-state index contributed by atoms with van der Waals surface area (Å²) in [6.45, 7) is 1.61. The number of hydrogen-bond acceptors (Lipinski definition) is 4. The number of nitrogens with two attached hydrogens (primary N) is 1. The zero-order chi connectivity index (χ0) is 13.0. The largest absolute Gasteiger partial charge is 0.394 e. The summed E-state index contributed by atoms with van der Waals surface area (Å²) in [6.07, 6.45) is 4.85. The van der Waals surface area contributed by atoms with Crippen molar-refractivity contribution >= 4 is 5.91 Å². The molecule has 2 aliphatic rings. The first-order valence-corrected chi connectivity index (χ1v) is 6.94. The maximum absolute atomic E-state index is 12.3. The number of rotatable bonds is 3. The number of nitrogens with zero attached hydrogens (tertiary/aromatic N) is 1. The van der Waals surface area contributed by atoms with Crippen molar-refractivity contribution in [3.63, 3.8) is 0 Å². The first-order valence-electron chi connectivity index (χ1n) is 6.94. The van der Waals surface area contributed by atoms with Gasteiger partial charge in [0.05, 0.1) is 25.9 Å². The van der Waals surface area contributed by atoms with Crippen LogP contribution in [0.15, 0.2) is 0 Å². The average molecular weight is 256 g/mol. The summed E-state index contributed by atoms with van der Waals surface area (Å²) in [5, 5.41) is 9.26. The zero-order valence-electron chi connectivity index (χ0n) is 10.9. The predicted molar refractivity (Wildman–Crippen MR) is 68.0 cm³/mol. The second-order valence-electron chi connectivity index (χ2n) is 5.50. The highest BCUT2D eigenvalue weighted by Gasteiger charge is 2.29. The molecule has 2 fully saturated rings. The number of morpholine rings is 1. The van der Waals surface area contributed by atoms with E-state index in [0.717, 1.165) is 25.7 Å². The molecule has 3 atom stereocenters. The number of carbonyl (C=O) groups excluding carboxylic acids is 1. The van der Waals surface area contributed by atoms with Crippen LogP contribution in [-0.4, -0.2) is 54.4 Å². The number of hydrogen-bond donors (Lipinski definition) is 2. The Kier molecular flexibility index (Phi) is 4.97. The van der Waals surface area contributed by atoms with E-state index in [9.17, 15) is 9.90 Å². The van der Waals surface area contributed by atoms with Gasteiger partial charge in [-0.15, -0.1) is 0 Å². The molecule has 3 N–H and O–H groups in total. The maximum atomic E-state index is 12.3. The van der Waals surface area contributed by atoms with E-state index in [0.29, 0.717) is 32.1 Å². The fourth-order valence-electron chi connectivity index (χ4n) is 3.02. The molecule has 0 aromatic rings. The number of ether oxygens (including phenoxy) is 1. The van der Waals surface area contributed by atoms with Crippen molar-refractivity contribution in [1.29, 1.82) is 0 Å². The van der Waals surface area contributed by atoms with E-state index in [1.807, 2.05) is 0 Å². The molecule has 0 aromatic heterocycles. The van der Waals surface area contributed by atoms with E-state index in [2.05, 4.69) is 0 Å². The third-order valence-corrected chi connectivity index (χ3v) is 4.05. The van der Waals surface area contributed by atoms with Crippen LogP contribution in [0.5, 0.6) is 0 Å². The van der Waals surface area contributed by atoms with Crippen molar-refractivity contribution in [2.75, 3.05) is 26.4 Å². The van der Waals surface area contributed by atoms with Gasteiger partial charge in [-0.05, 0) is 25.2 Å². The van der Waals surface area contributed by atoms with Gasteiger partial charge in [-0.2, -0.15) is 0 Å². The predicted octanol–water partition coefficient (Wildman–Crippen LogP) is 0.114. The summed E-state index contributed by atoms with van der Waals surface area (Å²) in [7, 11) is 0. The fraction of sp³-hybridized carbons (Fsp3) is 0.923. The van der Waals surface area contributed by atoms with Crippen LogP contribution in [0.1, 0.15) is 32.1 Å². The summed E-state index contributed by atoms with van der Waals surface area (Å²) in [5.41, 5.74) is 5.95. The van der Waals surface area contributed by atoms with Crippen molar-refractivity contribution in [3.8, 4) is 0 Å². The fourth-order valence-corrected chi connectivity index (χ4v) is 3.02. The van der Waals surface area contributed by atoms with Crippen LogP contribution in [0.4, 0.5) is 0 Å². The van der Waals surface area contributed by atoms with Gasteiger partial charge in [0, 0.05) is 19.0 Å². The van der Waals surface area contributed by atoms with E-state index >= 15 is 0 Å². The molecule has 1 aliphatic carbocycles. The minimum atomic E-state index is -0.163. The Balaban J connectivity index is 1.85. The molecule has 0 radical (unpaired) electrons. The average Bonchev–Trinajstić information content (AvgIpc) is 2.38. The van der Waals surface area contributed by atoms with Gasteiger partial charge in [0.2, 0.25) is 5.91 Å². The van der Waals surface area contributed by atoms with Gasteiger partial charge in [0.15, 0.2) is 0 Å². The van der Waals surface area contributed by atoms with Crippen molar-refractivity contribution < 1.29 is 14.6 Å². The van der Waals surface area contributed by atoms with Crippen LogP contribution in [-0.2, 0) is 9.53 Å². The molecule has 1 heterocycles. The molecular weight excluding hydrogens is 232 g/mol. The Bertz CT molecular complexity index is 285. The Hall–Kier alpha value is -0.650. The molecule has 1 saturated carbocycles. The van der Waals surface area contributed by atoms with Crippen molar-refractivity contribution in [2.45, 2.75) is 44.2 Å². The Labute approximate surface area is 108 Å². The molecule has 5 heteroatoms. The van der Waals surface area contributed by atoms with Crippen LogP contribution in [0.2, 0.25) is 0 Å². The van der Waals surface area contributed by atoms with Gasteiger partial charge in [0.25, 0.3) is 0 Å². The third-order valence-electron chi connectivity index (χ3n) is 4.05. The van der Waals surface area contributed by atoms with Crippen LogP contribution in [0.25, 0.3) is 0 Å². The first kappa shape index (κ1) is 13.8. The molecule has 0 bridgehead atoms. The second kappa shape index (κ2) is 6.50. The molecule has 1 amide bonds. The molecular formula is C13H24N2O3. The molecule has 5 nitrogen and oxygen atoms in total. The minimum Gasteiger partial charge on any atom is -0.394 e. The lowest BCUT2D eigenvalue weighted by Gasteiger charge is -2.36. The molecule has 3 unspecified atom stereocenters. The van der Waals surface area contributed by atoms with Gasteiger partial charge in [0.1, 0.15) is 0 Å². The molecule has 1 saturated heterocycles. The van der Waals surface area contributed by atoms with E-state index in [-0.39, 0.29) is 24.6 Å². The molecule has 1 aliphatic heterocycles. The second-order valence-corrected chi connectivity index (χ2v) is 5.50. The Morgan fingerprint density at radius 3 is 3.00 bits per heavy atom. The topological polar surface area (TPSA) is 75.8 Å². The molecule has 2 rings (SSSR count). The Morgan fingerprint density at radius 1 is 1.44 bits per heavy atom. The summed E-state index contributed by atoms with van der Waals surface area (Å²) in [4.78, 5) is 14.0. The summed E-state index contributed by atoms with van der Waals surface area (Å²) in [6, 6.07) is 0.0957. The highest BCUT2D eigenvalue weighted by atomic mass is 16.5. The summed E-state index contributed by atoms with van der Waals surface area (Å²) >= 11 is 0. The quantitative estimate of drug-likeness (QED) is 0.751. The smallest absolute Gasteiger partial charge is 0.223 e. The highest BCUT2D eigenvalue weighted by molar-refractivity contribution is 5.77. The lowest BCUT2D eigenvalue weighted by molar-refractivity contribution is -0.142. The van der Waals surface area contributed by atoms with E-state index in [1.165, 1.54) is 0 Å². The number of amides is 1. The highest BCUT2D eigenvalue weighted by Crippen LogP contribution is 2.27. The van der Waals surface area contributed by atoms with Gasteiger partial charge < -0.3 is 20.5 Å². The van der Waals surface area contributed by atoms with Crippen LogP contribution in [0.3, 0.4) is 0 Å². The van der Waals surface area contributed by atoms with Crippen LogP contribution < -0.4 is 5.73 Å². The van der Waals surface area contributed by atoms with E-state index < -0.39 is 0 Å². The third kappa shape index (κ3) is 3.43. The number of carbonyl (C=O) groups is 1. The molecule has 104 valence electrons. The number of aliphatic hydroxyl groups excluding tert-OH is 1. The monoisotopic (exact) mass is 256 g/mol. The normalized spacial score (nSPS) is 33.4. The van der Waals surface area contributed by atoms with Crippen molar-refractivity contribution in [3.05, 3.63) is 0 Å². The molecule has 0 aromatic carbocycles. The minimum absolute atomic E-state index is 0.0179. The lowest BCUT2D eigenvalue weighted by Crippen LogP contribution is -2.51. The van der Waals surface area contributed by atoms with E-state index in [4.69, 9.17) is 10.5 Å². The van der Waals surface area contributed by atoms with Gasteiger partial charge in [-0.25, -0.2) is 0 Å².